The van der Waals surface area contributed by atoms with Crippen molar-refractivity contribution in [3.05, 3.63) is 77.0 Å². The van der Waals surface area contributed by atoms with E-state index >= 15 is 0 Å². The van der Waals surface area contributed by atoms with Crippen molar-refractivity contribution in [2.24, 2.45) is 0 Å². The zero-order valence-corrected chi connectivity index (χ0v) is 14.6. The first-order valence-electron chi connectivity index (χ1n) is 8.22. The maximum Gasteiger partial charge on any atom is 0.337 e. The van der Waals surface area contributed by atoms with Gasteiger partial charge in [-0.3, -0.25) is 0 Å². The molecule has 2 aromatic carbocycles. The Labute approximate surface area is 151 Å². The molecule has 26 heavy (non-hydrogen) atoms. The number of nitrogens with one attached hydrogen (secondary N) is 2. The summed E-state index contributed by atoms with van der Waals surface area (Å²) < 4.78 is 10.7. The first-order chi connectivity index (χ1) is 12.6. The Morgan fingerprint density at radius 3 is 2.62 bits per heavy atom. The highest BCUT2D eigenvalue weighted by Crippen LogP contribution is 2.29. The lowest BCUT2D eigenvalue weighted by atomic mass is 9.95. The van der Waals surface area contributed by atoms with Crippen LogP contribution < -0.4 is 15.4 Å². The van der Waals surface area contributed by atoms with Crippen molar-refractivity contribution in [2.75, 3.05) is 7.11 Å². The summed E-state index contributed by atoms with van der Waals surface area (Å²) >= 11 is 0. The summed E-state index contributed by atoms with van der Waals surface area (Å²) in [5, 5.41) is 5.37. The van der Waals surface area contributed by atoms with Gasteiger partial charge in [0.05, 0.1) is 18.7 Å². The van der Waals surface area contributed by atoms with Crippen LogP contribution in [0.4, 0.5) is 4.79 Å². The van der Waals surface area contributed by atoms with Crippen LogP contribution in [0.2, 0.25) is 0 Å². The number of hydrogen-bond acceptors (Lipinski definition) is 4. The fourth-order valence-electron chi connectivity index (χ4n) is 2.85. The third-order valence-electron chi connectivity index (χ3n) is 4.11. The summed E-state index contributed by atoms with van der Waals surface area (Å²) in [6.07, 6.45) is 0. The number of ether oxygens (including phenoxy) is 2. The van der Waals surface area contributed by atoms with Crippen LogP contribution in [0.15, 0.2) is 65.9 Å². The third-order valence-corrected chi connectivity index (χ3v) is 4.11. The first-order valence-corrected chi connectivity index (χ1v) is 8.22. The van der Waals surface area contributed by atoms with E-state index in [4.69, 9.17) is 9.47 Å². The molecule has 0 radical (unpaired) electrons. The van der Waals surface area contributed by atoms with E-state index in [-0.39, 0.29) is 6.03 Å². The molecule has 2 aromatic rings. The lowest BCUT2D eigenvalue weighted by Gasteiger charge is -2.28. The average molecular weight is 352 g/mol. The van der Waals surface area contributed by atoms with E-state index in [0.717, 1.165) is 11.1 Å². The molecule has 3 rings (SSSR count). The number of allylic oxidation sites excluding steroid dienone is 1. The third kappa shape index (κ3) is 3.85. The topological polar surface area (TPSA) is 76.7 Å². The van der Waals surface area contributed by atoms with Crippen molar-refractivity contribution in [3.8, 4) is 5.75 Å². The number of benzene rings is 2. The number of amides is 2. The molecule has 0 aliphatic carbocycles. The highest BCUT2D eigenvalue weighted by Gasteiger charge is 2.31. The number of rotatable bonds is 5. The molecular formula is C20H20N2O4. The molecule has 0 spiro atoms. The minimum atomic E-state index is -0.600. The van der Waals surface area contributed by atoms with Gasteiger partial charge in [-0.15, -0.1) is 0 Å². The predicted molar refractivity (Wildman–Crippen MR) is 96.3 cm³/mol. The fourth-order valence-corrected chi connectivity index (χ4v) is 2.85. The Hall–Kier alpha value is -3.28. The number of urea groups is 1. The zero-order valence-electron chi connectivity index (χ0n) is 14.6. The minimum absolute atomic E-state index is 0.365. The van der Waals surface area contributed by atoms with Crippen molar-refractivity contribution in [3.63, 3.8) is 0 Å². The van der Waals surface area contributed by atoms with Crippen LogP contribution >= 0.6 is 0 Å². The largest absolute Gasteiger partial charge is 0.489 e. The smallest absolute Gasteiger partial charge is 0.337 e. The van der Waals surface area contributed by atoms with Gasteiger partial charge >= 0.3 is 12.0 Å². The minimum Gasteiger partial charge on any atom is -0.489 e. The van der Waals surface area contributed by atoms with E-state index in [1.165, 1.54) is 7.11 Å². The lowest BCUT2D eigenvalue weighted by molar-refractivity contribution is -0.136. The fraction of sp³-hybridized carbons (Fsp3) is 0.200. The van der Waals surface area contributed by atoms with Crippen LogP contribution in [0.25, 0.3) is 0 Å². The van der Waals surface area contributed by atoms with Gasteiger partial charge in [-0.2, -0.15) is 0 Å². The summed E-state index contributed by atoms with van der Waals surface area (Å²) in [4.78, 5) is 24.0. The molecule has 1 atom stereocenters. The number of hydrogen-bond donors (Lipinski definition) is 2. The monoisotopic (exact) mass is 352 g/mol. The van der Waals surface area contributed by atoms with Crippen molar-refractivity contribution < 1.29 is 19.1 Å². The molecular weight excluding hydrogens is 332 g/mol. The molecule has 1 aliphatic heterocycles. The second-order valence-electron chi connectivity index (χ2n) is 5.91. The Bertz CT molecular complexity index is 846. The maximum atomic E-state index is 12.2. The van der Waals surface area contributed by atoms with Gasteiger partial charge in [-0.05, 0) is 30.2 Å². The van der Waals surface area contributed by atoms with E-state index in [9.17, 15) is 9.59 Å². The van der Waals surface area contributed by atoms with E-state index < -0.39 is 12.0 Å². The van der Waals surface area contributed by atoms with Gasteiger partial charge in [0.25, 0.3) is 0 Å². The summed E-state index contributed by atoms with van der Waals surface area (Å²) in [5.74, 6) is 0.164. The first kappa shape index (κ1) is 17.5. The van der Waals surface area contributed by atoms with Gasteiger partial charge in [0.1, 0.15) is 12.4 Å². The second kappa shape index (κ2) is 7.74. The molecule has 6 heteroatoms. The van der Waals surface area contributed by atoms with Crippen molar-refractivity contribution >= 4 is 12.0 Å². The highest BCUT2D eigenvalue weighted by molar-refractivity contribution is 5.94. The van der Waals surface area contributed by atoms with Gasteiger partial charge in [0.2, 0.25) is 0 Å². The summed E-state index contributed by atoms with van der Waals surface area (Å²) in [6, 6.07) is 16.2. The number of methoxy groups -OCH3 is 1. The molecule has 0 bridgehead atoms. The zero-order chi connectivity index (χ0) is 18.5. The van der Waals surface area contributed by atoms with Crippen LogP contribution in [-0.4, -0.2) is 19.1 Å². The molecule has 1 aliphatic rings. The number of carbonyl (C=O) groups excluding carboxylic acids is 2. The number of esters is 1. The molecule has 134 valence electrons. The van der Waals surface area contributed by atoms with Gasteiger partial charge in [0.15, 0.2) is 0 Å². The Morgan fingerprint density at radius 2 is 1.88 bits per heavy atom. The summed E-state index contributed by atoms with van der Waals surface area (Å²) in [6.45, 7) is 2.11. The normalized spacial score (nSPS) is 16.5. The predicted octanol–water partition coefficient (Wildman–Crippen LogP) is 3.07. The van der Waals surface area contributed by atoms with Crippen molar-refractivity contribution in [2.45, 2.75) is 19.6 Å². The standard InChI is InChI=1S/C20H20N2O4/c1-13-17(19(23)25-2)18(22-20(24)21-13)15-9-6-10-16(11-15)26-12-14-7-4-3-5-8-14/h3-11,18H,12H2,1-2H3,(H2,21,22,24)/t18-/m0/s1. The van der Waals surface area contributed by atoms with Crippen molar-refractivity contribution in [1.29, 1.82) is 0 Å². The van der Waals surface area contributed by atoms with Crippen LogP contribution in [0.3, 0.4) is 0 Å². The van der Waals surface area contributed by atoms with Crippen LogP contribution in [0.1, 0.15) is 24.1 Å². The molecule has 6 nitrogen and oxygen atoms in total. The van der Waals surface area contributed by atoms with E-state index in [1.807, 2.05) is 54.6 Å². The summed E-state index contributed by atoms with van der Waals surface area (Å²) in [5.41, 5.74) is 2.64. The molecule has 2 amide bonds. The Kier molecular flexibility index (Phi) is 5.22. The van der Waals surface area contributed by atoms with Gasteiger partial charge in [-0.25, -0.2) is 9.59 Å². The SMILES string of the molecule is COC(=O)C1=C(C)NC(=O)N[C@H]1c1cccc(OCc2ccccc2)c1. The second-order valence-corrected chi connectivity index (χ2v) is 5.91. The number of carbonyl (C=O) groups is 2. The molecule has 0 saturated heterocycles. The average Bonchev–Trinajstić information content (AvgIpc) is 2.66. The molecule has 2 N–H and O–H groups in total. The van der Waals surface area contributed by atoms with E-state index in [2.05, 4.69) is 10.6 Å². The molecule has 0 fully saturated rings. The quantitative estimate of drug-likeness (QED) is 0.811. The molecule has 0 aromatic heterocycles. The van der Waals surface area contributed by atoms with Crippen LogP contribution in [0, 0.1) is 0 Å². The van der Waals surface area contributed by atoms with Gasteiger partial charge < -0.3 is 20.1 Å². The Balaban J connectivity index is 1.85. The molecule has 0 saturated carbocycles. The van der Waals surface area contributed by atoms with Crippen LogP contribution in [-0.2, 0) is 16.1 Å². The van der Waals surface area contributed by atoms with Gasteiger partial charge in [0, 0.05) is 5.70 Å². The Morgan fingerprint density at radius 1 is 1.12 bits per heavy atom. The lowest BCUT2D eigenvalue weighted by Crippen LogP contribution is -2.45. The van der Waals surface area contributed by atoms with Crippen molar-refractivity contribution in [1.82, 2.24) is 10.6 Å². The maximum absolute atomic E-state index is 12.2. The molecule has 0 unspecified atom stereocenters. The van der Waals surface area contributed by atoms with Crippen LogP contribution in [0.5, 0.6) is 5.75 Å². The van der Waals surface area contributed by atoms with E-state index in [0.29, 0.717) is 23.6 Å². The van der Waals surface area contributed by atoms with Gasteiger partial charge in [-0.1, -0.05) is 42.5 Å². The van der Waals surface area contributed by atoms with E-state index in [1.54, 1.807) is 6.92 Å². The highest BCUT2D eigenvalue weighted by atomic mass is 16.5. The summed E-state index contributed by atoms with van der Waals surface area (Å²) in [7, 11) is 1.31. The molecule has 1 heterocycles.